The molecule has 1 nitrogen and oxygen atoms in total. The molecule has 1 aromatic carbocycles. The Hall–Kier alpha value is -1.48. The Morgan fingerprint density at radius 2 is 1.74 bits per heavy atom. The van der Waals surface area contributed by atoms with Gasteiger partial charge in [-0.2, -0.15) is 0 Å². The van der Waals surface area contributed by atoms with Gasteiger partial charge in [0, 0.05) is 11.3 Å². The van der Waals surface area contributed by atoms with Gasteiger partial charge in [-0.3, -0.25) is 0 Å². The Bertz CT molecular complexity index is 615. The average molecular weight is 274 g/mol. The lowest BCUT2D eigenvalue weighted by Gasteiger charge is -2.15. The summed E-state index contributed by atoms with van der Waals surface area (Å²) in [6.45, 7) is 9.00. The highest BCUT2D eigenvalue weighted by Gasteiger charge is 2.21. The molecule has 0 atom stereocenters. The summed E-state index contributed by atoms with van der Waals surface area (Å²) < 4.78 is 15.5. The number of halogens is 1. The quantitative estimate of drug-likeness (QED) is 0.585. The molecule has 1 heterocycles. The first-order chi connectivity index (χ1) is 8.79. The molecule has 100 valence electrons. The standard InChI is InChI=1S/C16H21FNSi/c1-12-6-7-13(17)10-15(12)16-9-8-14(11-18(16)2)19(3,4)5/h6-11H,1-5H3/q+1. The van der Waals surface area contributed by atoms with Gasteiger partial charge >= 0.3 is 0 Å². The topological polar surface area (TPSA) is 3.88 Å². The number of hydrogen-bond acceptors (Lipinski definition) is 0. The molecule has 0 saturated carbocycles. The SMILES string of the molecule is Cc1ccc(F)cc1-c1ccc([Si](C)(C)C)c[n+]1C. The van der Waals surface area contributed by atoms with E-state index in [1.165, 1.54) is 11.3 Å². The van der Waals surface area contributed by atoms with Crippen molar-refractivity contribution in [2.75, 3.05) is 0 Å². The molecule has 0 fully saturated rings. The molecule has 0 radical (unpaired) electrons. The van der Waals surface area contributed by atoms with Crippen LogP contribution in [0.1, 0.15) is 5.56 Å². The summed E-state index contributed by atoms with van der Waals surface area (Å²) in [6, 6.07) is 9.24. The number of benzene rings is 1. The molecule has 0 N–H and O–H groups in total. The third-order valence-electron chi connectivity index (χ3n) is 3.48. The highest BCUT2D eigenvalue weighted by Crippen LogP contribution is 2.20. The molecule has 0 aliphatic carbocycles. The fraction of sp³-hybridized carbons (Fsp3) is 0.312. The van der Waals surface area contributed by atoms with Crippen molar-refractivity contribution < 1.29 is 8.96 Å². The number of aromatic nitrogens is 1. The first-order valence-electron chi connectivity index (χ1n) is 6.56. The normalized spacial score (nSPS) is 11.7. The van der Waals surface area contributed by atoms with Crippen molar-refractivity contribution in [2.24, 2.45) is 7.05 Å². The van der Waals surface area contributed by atoms with Crippen LogP contribution in [0, 0.1) is 12.7 Å². The van der Waals surface area contributed by atoms with Crippen LogP contribution >= 0.6 is 0 Å². The molecule has 0 aliphatic heterocycles. The van der Waals surface area contributed by atoms with E-state index in [0.717, 1.165) is 16.8 Å². The predicted octanol–water partition coefficient (Wildman–Crippen LogP) is 3.17. The van der Waals surface area contributed by atoms with Crippen molar-refractivity contribution in [3.63, 3.8) is 0 Å². The second-order valence-corrected chi connectivity index (χ2v) is 11.2. The zero-order valence-corrected chi connectivity index (χ0v) is 13.3. The van der Waals surface area contributed by atoms with Gasteiger partial charge in [-0.15, -0.1) is 0 Å². The van der Waals surface area contributed by atoms with Gasteiger partial charge in [0.05, 0.1) is 13.6 Å². The highest BCUT2D eigenvalue weighted by atomic mass is 28.3. The molecule has 0 bridgehead atoms. The minimum atomic E-state index is -1.31. The van der Waals surface area contributed by atoms with Crippen LogP contribution in [0.4, 0.5) is 4.39 Å². The molecule has 3 heteroatoms. The van der Waals surface area contributed by atoms with Crippen molar-refractivity contribution in [1.82, 2.24) is 0 Å². The van der Waals surface area contributed by atoms with Crippen molar-refractivity contribution in [3.8, 4) is 11.3 Å². The summed E-state index contributed by atoms with van der Waals surface area (Å²) in [5.41, 5.74) is 3.11. The molecule has 0 spiro atoms. The maximum Gasteiger partial charge on any atom is 0.212 e. The lowest BCUT2D eigenvalue weighted by Crippen LogP contribution is -2.44. The summed E-state index contributed by atoms with van der Waals surface area (Å²) in [5.74, 6) is -0.185. The van der Waals surface area contributed by atoms with Crippen molar-refractivity contribution >= 4 is 13.3 Å². The first kappa shape index (κ1) is 13.9. The van der Waals surface area contributed by atoms with E-state index in [1.54, 1.807) is 6.07 Å². The van der Waals surface area contributed by atoms with Crippen LogP contribution in [0.3, 0.4) is 0 Å². The maximum absolute atomic E-state index is 13.4. The second kappa shape index (κ2) is 4.89. The first-order valence-corrected chi connectivity index (χ1v) is 10.1. The Kier molecular flexibility index (Phi) is 3.59. The van der Waals surface area contributed by atoms with E-state index in [9.17, 15) is 4.39 Å². The number of aryl methyl sites for hydroxylation is 2. The van der Waals surface area contributed by atoms with Gasteiger partial charge in [-0.1, -0.05) is 31.8 Å². The van der Waals surface area contributed by atoms with E-state index >= 15 is 0 Å². The zero-order valence-electron chi connectivity index (χ0n) is 12.3. The minimum absolute atomic E-state index is 0.185. The Labute approximate surface area is 115 Å². The van der Waals surface area contributed by atoms with Gasteiger partial charge in [0.1, 0.15) is 12.9 Å². The van der Waals surface area contributed by atoms with Crippen LogP contribution < -0.4 is 9.75 Å². The largest absolute Gasteiger partial charge is 0.212 e. The number of pyridine rings is 1. The van der Waals surface area contributed by atoms with Gasteiger partial charge < -0.3 is 0 Å². The Morgan fingerprint density at radius 1 is 1.05 bits per heavy atom. The molecular formula is C16H21FNSi+. The average Bonchev–Trinajstić information content (AvgIpc) is 2.31. The predicted molar refractivity (Wildman–Crippen MR) is 80.7 cm³/mol. The third kappa shape index (κ3) is 2.92. The van der Waals surface area contributed by atoms with E-state index in [2.05, 4.69) is 42.5 Å². The smallest absolute Gasteiger partial charge is 0.207 e. The number of nitrogens with zero attached hydrogens (tertiary/aromatic N) is 1. The fourth-order valence-corrected chi connectivity index (χ4v) is 3.37. The summed E-state index contributed by atoms with van der Waals surface area (Å²) >= 11 is 0. The van der Waals surface area contributed by atoms with E-state index in [4.69, 9.17) is 0 Å². The molecule has 1 aromatic heterocycles. The van der Waals surface area contributed by atoms with Gasteiger partial charge in [-0.25, -0.2) is 8.96 Å². The molecule has 0 amide bonds. The molecule has 2 rings (SSSR count). The molecular weight excluding hydrogens is 253 g/mol. The maximum atomic E-state index is 13.4. The highest BCUT2D eigenvalue weighted by molar-refractivity contribution is 6.88. The monoisotopic (exact) mass is 274 g/mol. The third-order valence-corrected chi connectivity index (χ3v) is 5.50. The summed E-state index contributed by atoms with van der Waals surface area (Å²) in [6.07, 6.45) is 2.19. The summed E-state index contributed by atoms with van der Waals surface area (Å²) in [5, 5.41) is 1.41. The molecule has 0 unspecified atom stereocenters. The van der Waals surface area contributed by atoms with Crippen LogP contribution in [-0.4, -0.2) is 8.07 Å². The fourth-order valence-electron chi connectivity index (χ4n) is 2.20. The summed E-state index contributed by atoms with van der Waals surface area (Å²) in [4.78, 5) is 0. The molecule has 2 aromatic rings. The lowest BCUT2D eigenvalue weighted by molar-refractivity contribution is -0.659. The Balaban J connectivity index is 2.55. The van der Waals surface area contributed by atoms with Gasteiger partial charge in [0.15, 0.2) is 6.20 Å². The zero-order chi connectivity index (χ0) is 14.2. The molecule has 19 heavy (non-hydrogen) atoms. The van der Waals surface area contributed by atoms with Crippen LogP contribution in [0.25, 0.3) is 11.3 Å². The van der Waals surface area contributed by atoms with E-state index in [-0.39, 0.29) is 5.82 Å². The van der Waals surface area contributed by atoms with E-state index in [0.29, 0.717) is 0 Å². The molecule has 0 aliphatic rings. The van der Waals surface area contributed by atoms with Crippen LogP contribution in [0.2, 0.25) is 19.6 Å². The van der Waals surface area contributed by atoms with Crippen LogP contribution in [0.15, 0.2) is 36.5 Å². The van der Waals surface area contributed by atoms with E-state index < -0.39 is 8.07 Å². The minimum Gasteiger partial charge on any atom is -0.207 e. The van der Waals surface area contributed by atoms with Gasteiger partial charge in [0.25, 0.3) is 0 Å². The lowest BCUT2D eigenvalue weighted by atomic mass is 10.0. The summed E-state index contributed by atoms with van der Waals surface area (Å²) in [7, 11) is 0.723. The van der Waals surface area contributed by atoms with Crippen molar-refractivity contribution in [3.05, 3.63) is 47.9 Å². The Morgan fingerprint density at radius 3 is 2.32 bits per heavy atom. The number of rotatable bonds is 2. The van der Waals surface area contributed by atoms with Crippen LogP contribution in [-0.2, 0) is 7.05 Å². The van der Waals surface area contributed by atoms with Gasteiger partial charge in [-0.05, 0) is 24.6 Å². The molecule has 0 saturated heterocycles. The second-order valence-electron chi connectivity index (χ2n) is 6.12. The van der Waals surface area contributed by atoms with Crippen LogP contribution in [0.5, 0.6) is 0 Å². The van der Waals surface area contributed by atoms with Crippen molar-refractivity contribution in [1.29, 1.82) is 0 Å². The van der Waals surface area contributed by atoms with Gasteiger partial charge in [0.2, 0.25) is 5.69 Å². The van der Waals surface area contributed by atoms with Crippen molar-refractivity contribution in [2.45, 2.75) is 26.6 Å². The number of hydrogen-bond donors (Lipinski definition) is 0. The van der Waals surface area contributed by atoms with E-state index in [1.807, 2.05) is 20.0 Å².